The van der Waals surface area contributed by atoms with Crippen LogP contribution in [0.1, 0.15) is 37.3 Å². The molecule has 1 aliphatic rings. The van der Waals surface area contributed by atoms with E-state index in [1.165, 1.54) is 19.3 Å². The van der Waals surface area contributed by atoms with E-state index in [4.69, 9.17) is 5.73 Å². The molecule has 0 saturated carbocycles. The molecule has 1 aliphatic heterocycles. The molecule has 2 unspecified atom stereocenters. The van der Waals surface area contributed by atoms with Gasteiger partial charge in [0.05, 0.1) is 11.0 Å². The minimum atomic E-state index is -0.172. The second-order valence-electron chi connectivity index (χ2n) is 5.37. The van der Waals surface area contributed by atoms with Crippen LogP contribution in [0.15, 0.2) is 23.0 Å². The molecule has 5 nitrogen and oxygen atoms in total. The van der Waals surface area contributed by atoms with Gasteiger partial charge in [-0.3, -0.25) is 0 Å². The van der Waals surface area contributed by atoms with Gasteiger partial charge in [0.15, 0.2) is 0 Å². The lowest BCUT2D eigenvalue weighted by Gasteiger charge is -2.26. The second-order valence-corrected chi connectivity index (χ2v) is 5.37. The van der Waals surface area contributed by atoms with Crippen molar-refractivity contribution in [2.75, 3.05) is 6.54 Å². The third-order valence-corrected chi connectivity index (χ3v) is 3.92. The van der Waals surface area contributed by atoms with Gasteiger partial charge in [0.2, 0.25) is 0 Å². The van der Waals surface area contributed by atoms with Crippen molar-refractivity contribution in [1.29, 1.82) is 0 Å². The molecule has 102 valence electrons. The highest BCUT2D eigenvalue weighted by atomic mass is 16.1. The van der Waals surface area contributed by atoms with E-state index in [-0.39, 0.29) is 11.7 Å². The fourth-order valence-electron chi connectivity index (χ4n) is 2.85. The first kappa shape index (κ1) is 12.4. The summed E-state index contributed by atoms with van der Waals surface area (Å²) in [7, 11) is 0. The Morgan fingerprint density at radius 1 is 1.26 bits per heavy atom. The zero-order chi connectivity index (χ0) is 13.2. The standard InChI is InChI=1S/C14H20N4O/c15-11(8-10-3-1-2-6-16-10)9-4-5-12-13(7-9)18-14(19)17-12/h4-5,7,10-11,16H,1-3,6,8,15H2,(H2,17,18,19). The third kappa shape index (κ3) is 2.72. The number of aromatic amines is 2. The number of rotatable bonds is 3. The molecule has 0 amide bonds. The molecule has 1 aromatic heterocycles. The number of hydrogen-bond acceptors (Lipinski definition) is 3. The van der Waals surface area contributed by atoms with Crippen LogP contribution in [-0.4, -0.2) is 22.6 Å². The molecule has 3 rings (SSSR count). The maximum Gasteiger partial charge on any atom is 0.323 e. The van der Waals surface area contributed by atoms with Crippen LogP contribution in [0.4, 0.5) is 0 Å². The topological polar surface area (TPSA) is 86.7 Å². The summed E-state index contributed by atoms with van der Waals surface area (Å²) in [5, 5.41) is 3.52. The zero-order valence-corrected chi connectivity index (χ0v) is 10.9. The summed E-state index contributed by atoms with van der Waals surface area (Å²) >= 11 is 0. The average Bonchev–Trinajstić information content (AvgIpc) is 2.78. The Labute approximate surface area is 111 Å². The van der Waals surface area contributed by atoms with Gasteiger partial charge < -0.3 is 21.0 Å². The molecule has 0 spiro atoms. The van der Waals surface area contributed by atoms with E-state index in [1.54, 1.807) is 0 Å². The Morgan fingerprint density at radius 2 is 2.11 bits per heavy atom. The van der Waals surface area contributed by atoms with Crippen LogP contribution in [0.2, 0.25) is 0 Å². The highest BCUT2D eigenvalue weighted by molar-refractivity contribution is 5.75. The van der Waals surface area contributed by atoms with E-state index in [9.17, 15) is 4.79 Å². The summed E-state index contributed by atoms with van der Waals surface area (Å²) in [6.45, 7) is 1.10. The quantitative estimate of drug-likeness (QED) is 0.672. The van der Waals surface area contributed by atoms with E-state index < -0.39 is 0 Å². The van der Waals surface area contributed by atoms with Gasteiger partial charge in [0.1, 0.15) is 0 Å². The number of fused-ring (bicyclic) bond motifs is 1. The van der Waals surface area contributed by atoms with E-state index in [0.29, 0.717) is 6.04 Å². The smallest absolute Gasteiger partial charge is 0.323 e. The Morgan fingerprint density at radius 3 is 2.89 bits per heavy atom. The molecule has 2 heterocycles. The monoisotopic (exact) mass is 260 g/mol. The maximum atomic E-state index is 11.2. The van der Waals surface area contributed by atoms with Gasteiger partial charge in [-0.15, -0.1) is 0 Å². The van der Waals surface area contributed by atoms with Crippen molar-refractivity contribution in [3.05, 3.63) is 34.2 Å². The fourth-order valence-corrected chi connectivity index (χ4v) is 2.85. The van der Waals surface area contributed by atoms with Crippen molar-refractivity contribution < 1.29 is 0 Å². The molecule has 0 radical (unpaired) electrons. The summed E-state index contributed by atoms with van der Waals surface area (Å²) in [4.78, 5) is 16.8. The number of H-pyrrole nitrogens is 2. The van der Waals surface area contributed by atoms with Crippen molar-refractivity contribution in [2.24, 2.45) is 5.73 Å². The molecule has 1 saturated heterocycles. The van der Waals surface area contributed by atoms with Crippen LogP contribution < -0.4 is 16.7 Å². The van der Waals surface area contributed by atoms with Crippen molar-refractivity contribution in [3.8, 4) is 0 Å². The highest BCUT2D eigenvalue weighted by Gasteiger charge is 2.17. The second kappa shape index (κ2) is 5.19. The predicted molar refractivity (Wildman–Crippen MR) is 76.1 cm³/mol. The van der Waals surface area contributed by atoms with Crippen molar-refractivity contribution in [3.63, 3.8) is 0 Å². The minimum Gasteiger partial charge on any atom is -0.324 e. The predicted octanol–water partition coefficient (Wildman–Crippen LogP) is 1.39. The molecular weight excluding hydrogens is 240 g/mol. The van der Waals surface area contributed by atoms with Crippen LogP contribution in [0.3, 0.4) is 0 Å². The number of nitrogens with one attached hydrogen (secondary N) is 3. The summed E-state index contributed by atoms with van der Waals surface area (Å²) in [5.41, 5.74) is 8.85. The van der Waals surface area contributed by atoms with Crippen LogP contribution in [0.5, 0.6) is 0 Å². The Kier molecular flexibility index (Phi) is 3.40. The largest absolute Gasteiger partial charge is 0.324 e. The maximum absolute atomic E-state index is 11.2. The summed E-state index contributed by atoms with van der Waals surface area (Å²) in [5.74, 6) is 0. The third-order valence-electron chi connectivity index (χ3n) is 3.92. The van der Waals surface area contributed by atoms with Gasteiger partial charge in [-0.2, -0.15) is 0 Å². The van der Waals surface area contributed by atoms with Crippen molar-refractivity contribution >= 4 is 11.0 Å². The molecule has 0 bridgehead atoms. The van der Waals surface area contributed by atoms with Crippen LogP contribution >= 0.6 is 0 Å². The molecule has 5 heteroatoms. The van der Waals surface area contributed by atoms with Crippen molar-refractivity contribution in [1.82, 2.24) is 15.3 Å². The van der Waals surface area contributed by atoms with E-state index >= 15 is 0 Å². The first-order valence-electron chi connectivity index (χ1n) is 6.93. The number of hydrogen-bond donors (Lipinski definition) is 4. The van der Waals surface area contributed by atoms with Gasteiger partial charge in [0, 0.05) is 12.1 Å². The van der Waals surface area contributed by atoms with E-state index in [0.717, 1.165) is 29.6 Å². The average molecular weight is 260 g/mol. The Hall–Kier alpha value is -1.59. The highest BCUT2D eigenvalue weighted by Crippen LogP contribution is 2.22. The summed E-state index contributed by atoms with van der Waals surface area (Å²) in [6, 6.07) is 6.42. The van der Waals surface area contributed by atoms with Crippen molar-refractivity contribution in [2.45, 2.75) is 37.8 Å². The van der Waals surface area contributed by atoms with Crippen LogP contribution in [0.25, 0.3) is 11.0 Å². The number of nitrogens with two attached hydrogens (primary N) is 1. The first-order chi connectivity index (χ1) is 9.22. The normalized spacial score (nSPS) is 21.6. The molecule has 0 aliphatic carbocycles. The number of aromatic nitrogens is 2. The summed E-state index contributed by atoms with van der Waals surface area (Å²) in [6.07, 6.45) is 4.70. The number of imidazole rings is 1. The number of benzene rings is 1. The SMILES string of the molecule is NC(CC1CCCCN1)c1ccc2[nH]c(=O)[nH]c2c1. The number of piperidine rings is 1. The molecule has 1 fully saturated rings. The Bertz CT molecular complexity index is 609. The lowest BCUT2D eigenvalue weighted by molar-refractivity contribution is 0.362. The van der Waals surface area contributed by atoms with Gasteiger partial charge in [-0.25, -0.2) is 4.79 Å². The summed E-state index contributed by atoms with van der Waals surface area (Å²) < 4.78 is 0. The molecule has 2 atom stereocenters. The van der Waals surface area contributed by atoms with Gasteiger partial charge in [-0.1, -0.05) is 12.5 Å². The van der Waals surface area contributed by atoms with Crippen LogP contribution in [-0.2, 0) is 0 Å². The molecule has 19 heavy (non-hydrogen) atoms. The van der Waals surface area contributed by atoms with Crippen LogP contribution in [0, 0.1) is 0 Å². The lowest BCUT2D eigenvalue weighted by Crippen LogP contribution is -2.36. The van der Waals surface area contributed by atoms with E-state index in [2.05, 4.69) is 15.3 Å². The molecule has 2 aromatic rings. The Balaban J connectivity index is 1.76. The first-order valence-corrected chi connectivity index (χ1v) is 6.93. The van der Waals surface area contributed by atoms with Gasteiger partial charge in [0.25, 0.3) is 0 Å². The fraction of sp³-hybridized carbons (Fsp3) is 0.500. The van der Waals surface area contributed by atoms with E-state index in [1.807, 2.05) is 18.2 Å². The van der Waals surface area contributed by atoms with Gasteiger partial charge >= 0.3 is 5.69 Å². The molecule has 5 N–H and O–H groups in total. The van der Waals surface area contributed by atoms with Gasteiger partial charge in [-0.05, 0) is 43.5 Å². The molecule has 1 aromatic carbocycles. The zero-order valence-electron chi connectivity index (χ0n) is 10.9. The lowest BCUT2D eigenvalue weighted by atomic mass is 9.94. The molecular formula is C14H20N4O. The minimum absolute atomic E-state index is 0.0124.